The van der Waals surface area contributed by atoms with E-state index >= 15 is 0 Å². The molecule has 6 heteroatoms. The molecule has 0 amide bonds. The summed E-state index contributed by atoms with van der Waals surface area (Å²) in [5.41, 5.74) is 0. The molecule has 0 aliphatic heterocycles. The van der Waals surface area contributed by atoms with Crippen molar-refractivity contribution in [1.82, 2.24) is 15.5 Å². The highest BCUT2D eigenvalue weighted by Gasteiger charge is 2.14. The third-order valence-electron chi connectivity index (χ3n) is 2.61. The lowest BCUT2D eigenvalue weighted by Crippen LogP contribution is -2.24. The molecule has 0 spiro atoms. The minimum absolute atomic E-state index is 0.0507. The number of nitrogens with zero attached hydrogens (tertiary/aromatic N) is 2. The maximum atomic E-state index is 11.2. The summed E-state index contributed by atoms with van der Waals surface area (Å²) >= 11 is 1.37. The van der Waals surface area contributed by atoms with E-state index in [1.54, 1.807) is 13.0 Å². The van der Waals surface area contributed by atoms with Gasteiger partial charge < -0.3 is 9.84 Å². The highest BCUT2D eigenvalue weighted by molar-refractivity contribution is 7.17. The monoisotopic (exact) mass is 265 g/mol. The van der Waals surface area contributed by atoms with Gasteiger partial charge in [0.1, 0.15) is 0 Å². The molecule has 2 heterocycles. The maximum absolute atomic E-state index is 11.2. The second kappa shape index (κ2) is 5.41. The van der Waals surface area contributed by atoms with E-state index in [9.17, 15) is 4.79 Å². The van der Waals surface area contributed by atoms with Gasteiger partial charge in [-0.1, -0.05) is 5.16 Å². The maximum Gasteiger partial charge on any atom is 0.268 e. The van der Waals surface area contributed by atoms with Gasteiger partial charge in [-0.15, -0.1) is 11.3 Å². The van der Waals surface area contributed by atoms with Crippen molar-refractivity contribution in [3.05, 3.63) is 22.8 Å². The van der Waals surface area contributed by atoms with Crippen LogP contribution in [0.1, 0.15) is 29.3 Å². The predicted molar refractivity (Wildman–Crippen MR) is 69.8 cm³/mol. The molecule has 2 aromatic rings. The van der Waals surface area contributed by atoms with E-state index in [1.165, 1.54) is 11.3 Å². The summed E-state index contributed by atoms with van der Waals surface area (Å²) in [6, 6.07) is 3.91. The zero-order chi connectivity index (χ0) is 13.1. The summed E-state index contributed by atoms with van der Waals surface area (Å²) in [7, 11) is 1.89. The van der Waals surface area contributed by atoms with Crippen molar-refractivity contribution in [3.63, 3.8) is 0 Å². The van der Waals surface area contributed by atoms with Gasteiger partial charge in [0.05, 0.1) is 9.75 Å². The van der Waals surface area contributed by atoms with E-state index in [4.69, 9.17) is 4.52 Å². The number of carbonyl (C=O) groups is 1. The van der Waals surface area contributed by atoms with Gasteiger partial charge in [0.15, 0.2) is 11.6 Å². The number of aromatic nitrogens is 2. The Labute approximate surface area is 109 Å². The Kier molecular flexibility index (Phi) is 3.88. The zero-order valence-electron chi connectivity index (χ0n) is 10.6. The molecule has 0 fully saturated rings. The van der Waals surface area contributed by atoms with E-state index in [2.05, 4.69) is 22.4 Å². The number of Topliss-reactive ketones (excluding diaryl/α,β-unsaturated/α-hetero) is 1. The van der Waals surface area contributed by atoms with Crippen molar-refractivity contribution in [2.24, 2.45) is 0 Å². The summed E-state index contributed by atoms with van der Waals surface area (Å²) in [5.74, 6) is 1.20. The van der Waals surface area contributed by atoms with Gasteiger partial charge in [-0.05, 0) is 33.0 Å². The summed E-state index contributed by atoms with van der Waals surface area (Å²) in [6.45, 7) is 3.60. The second-order valence-electron chi connectivity index (χ2n) is 4.13. The highest BCUT2D eigenvalue weighted by Crippen LogP contribution is 2.27. The van der Waals surface area contributed by atoms with E-state index in [-0.39, 0.29) is 5.78 Å². The SMILES string of the molecule is CNC(C)Cc1noc(-c2ccc(C(C)=O)s2)n1. The number of ketones is 1. The molecule has 2 aromatic heterocycles. The van der Waals surface area contributed by atoms with Crippen LogP contribution >= 0.6 is 11.3 Å². The molecule has 0 radical (unpaired) electrons. The van der Waals surface area contributed by atoms with Gasteiger partial charge in [0.2, 0.25) is 0 Å². The average Bonchev–Trinajstić information content (AvgIpc) is 2.96. The van der Waals surface area contributed by atoms with E-state index in [0.717, 1.165) is 4.88 Å². The molecule has 96 valence electrons. The largest absolute Gasteiger partial charge is 0.333 e. The lowest BCUT2D eigenvalue weighted by molar-refractivity contribution is 0.102. The quantitative estimate of drug-likeness (QED) is 0.839. The summed E-state index contributed by atoms with van der Waals surface area (Å²) < 4.78 is 5.20. The molecule has 0 aliphatic rings. The normalized spacial score (nSPS) is 12.6. The fourth-order valence-electron chi connectivity index (χ4n) is 1.45. The Morgan fingerprint density at radius 1 is 1.56 bits per heavy atom. The molecular weight excluding hydrogens is 250 g/mol. The molecule has 0 bridgehead atoms. The van der Waals surface area contributed by atoms with Gasteiger partial charge in [-0.2, -0.15) is 4.98 Å². The highest BCUT2D eigenvalue weighted by atomic mass is 32.1. The van der Waals surface area contributed by atoms with Crippen LogP contribution < -0.4 is 5.32 Å². The smallest absolute Gasteiger partial charge is 0.268 e. The lowest BCUT2D eigenvalue weighted by atomic mass is 10.2. The first kappa shape index (κ1) is 12.9. The molecule has 0 saturated heterocycles. The fourth-order valence-corrected chi connectivity index (χ4v) is 2.28. The van der Waals surface area contributed by atoms with Gasteiger partial charge in [-0.25, -0.2) is 0 Å². The summed E-state index contributed by atoms with van der Waals surface area (Å²) in [6.07, 6.45) is 0.713. The van der Waals surface area contributed by atoms with Crippen LogP contribution in [0, 0.1) is 0 Å². The molecule has 18 heavy (non-hydrogen) atoms. The van der Waals surface area contributed by atoms with Crippen LogP contribution in [-0.2, 0) is 6.42 Å². The van der Waals surface area contributed by atoms with Gasteiger partial charge in [0, 0.05) is 12.5 Å². The van der Waals surface area contributed by atoms with Crippen molar-refractivity contribution < 1.29 is 9.32 Å². The van der Waals surface area contributed by atoms with Gasteiger partial charge >= 0.3 is 0 Å². The van der Waals surface area contributed by atoms with Crippen LogP contribution in [0.3, 0.4) is 0 Å². The number of rotatable bonds is 5. The first-order valence-electron chi connectivity index (χ1n) is 5.71. The Bertz CT molecular complexity index is 547. The molecule has 1 N–H and O–H groups in total. The van der Waals surface area contributed by atoms with Crippen molar-refractivity contribution >= 4 is 17.1 Å². The molecule has 0 aromatic carbocycles. The van der Waals surface area contributed by atoms with Crippen LogP contribution in [0.4, 0.5) is 0 Å². The fraction of sp³-hybridized carbons (Fsp3) is 0.417. The van der Waals surface area contributed by atoms with Crippen LogP contribution in [0.15, 0.2) is 16.7 Å². The van der Waals surface area contributed by atoms with Crippen molar-refractivity contribution in [2.45, 2.75) is 26.3 Å². The van der Waals surface area contributed by atoms with Crippen LogP contribution in [0.25, 0.3) is 10.8 Å². The molecule has 2 rings (SSSR count). The molecule has 5 nitrogen and oxygen atoms in total. The first-order valence-corrected chi connectivity index (χ1v) is 6.52. The second-order valence-corrected chi connectivity index (χ2v) is 5.21. The number of thiophene rings is 1. The molecule has 1 unspecified atom stereocenters. The molecular formula is C12H15N3O2S. The third-order valence-corrected chi connectivity index (χ3v) is 3.79. The number of hydrogen-bond acceptors (Lipinski definition) is 6. The van der Waals surface area contributed by atoms with E-state index in [1.807, 2.05) is 13.1 Å². The Morgan fingerprint density at radius 3 is 2.94 bits per heavy atom. The Hall–Kier alpha value is -1.53. The first-order chi connectivity index (χ1) is 8.60. The molecule has 0 aliphatic carbocycles. The van der Waals surface area contributed by atoms with Crippen molar-refractivity contribution in [2.75, 3.05) is 7.05 Å². The standard InChI is InChI=1S/C12H15N3O2S/c1-7(13-3)6-11-14-12(17-15-11)10-5-4-9(18-10)8(2)16/h4-5,7,13H,6H2,1-3H3. The van der Waals surface area contributed by atoms with Gasteiger partial charge in [-0.3, -0.25) is 4.79 Å². The zero-order valence-corrected chi connectivity index (χ0v) is 11.4. The molecule has 0 saturated carbocycles. The molecule has 1 atom stereocenters. The van der Waals surface area contributed by atoms with E-state index in [0.29, 0.717) is 29.1 Å². The predicted octanol–water partition coefficient (Wildman–Crippen LogP) is 2.15. The topological polar surface area (TPSA) is 68.0 Å². The van der Waals surface area contributed by atoms with Crippen molar-refractivity contribution in [3.8, 4) is 10.8 Å². The Morgan fingerprint density at radius 2 is 2.33 bits per heavy atom. The van der Waals surface area contributed by atoms with Crippen LogP contribution in [0.5, 0.6) is 0 Å². The number of carbonyl (C=O) groups excluding carboxylic acids is 1. The van der Waals surface area contributed by atoms with Gasteiger partial charge in [0.25, 0.3) is 5.89 Å². The number of likely N-dealkylation sites (N-methyl/N-ethyl adjacent to an activating group) is 1. The minimum Gasteiger partial charge on any atom is -0.333 e. The number of nitrogens with one attached hydrogen (secondary N) is 1. The summed E-state index contributed by atoms with van der Waals surface area (Å²) in [4.78, 5) is 17.1. The lowest BCUT2D eigenvalue weighted by Gasteiger charge is -2.04. The minimum atomic E-state index is 0.0507. The number of hydrogen-bond donors (Lipinski definition) is 1. The van der Waals surface area contributed by atoms with Crippen LogP contribution in [-0.4, -0.2) is 29.0 Å². The summed E-state index contributed by atoms with van der Waals surface area (Å²) in [5, 5.41) is 7.05. The average molecular weight is 265 g/mol. The van der Waals surface area contributed by atoms with E-state index < -0.39 is 0 Å². The Balaban J connectivity index is 2.16. The van der Waals surface area contributed by atoms with Crippen molar-refractivity contribution in [1.29, 1.82) is 0 Å². The van der Waals surface area contributed by atoms with Crippen LogP contribution in [0.2, 0.25) is 0 Å². The third kappa shape index (κ3) is 2.83.